The molecule has 9 heteroatoms. The van der Waals surface area contributed by atoms with Crippen molar-refractivity contribution in [3.05, 3.63) is 68.7 Å². The van der Waals surface area contributed by atoms with E-state index in [1.165, 1.54) is 31.4 Å². The zero-order chi connectivity index (χ0) is 17.7. The molecular formula is C15H12ClN3O5. The Morgan fingerprint density at radius 2 is 1.83 bits per heavy atom. The maximum Gasteiger partial charge on any atom is 0.273 e. The monoisotopic (exact) mass is 349 g/mol. The van der Waals surface area contributed by atoms with Crippen molar-refractivity contribution >= 4 is 29.1 Å². The summed E-state index contributed by atoms with van der Waals surface area (Å²) < 4.78 is 4.99. The van der Waals surface area contributed by atoms with Crippen LogP contribution in [0.2, 0.25) is 5.02 Å². The van der Waals surface area contributed by atoms with Crippen LogP contribution in [-0.2, 0) is 0 Å². The Labute approximate surface area is 141 Å². The number of non-ortho nitro benzene ring substituents is 1. The third-order valence-corrected chi connectivity index (χ3v) is 3.25. The summed E-state index contributed by atoms with van der Waals surface area (Å²) in [7, 11) is 1.32. The Morgan fingerprint density at radius 1 is 1.12 bits per heavy atom. The number of rotatable bonds is 4. The van der Waals surface area contributed by atoms with Crippen molar-refractivity contribution in [3.63, 3.8) is 0 Å². The summed E-state index contributed by atoms with van der Waals surface area (Å²) >= 11 is 5.79. The van der Waals surface area contributed by atoms with Gasteiger partial charge in [0.25, 0.3) is 17.5 Å². The smallest absolute Gasteiger partial charge is 0.273 e. The molecule has 0 aliphatic heterocycles. The minimum absolute atomic E-state index is 0.0851. The lowest BCUT2D eigenvalue weighted by molar-refractivity contribution is -0.384. The van der Waals surface area contributed by atoms with Gasteiger partial charge in [-0.1, -0.05) is 17.7 Å². The quantitative estimate of drug-likeness (QED) is 0.650. The third kappa shape index (κ3) is 3.99. The standard InChI is InChI=1S/C15H12ClN3O5/c1-24-13-6-5-11(19(22)23)8-12(13)15(21)18-17-14(20)9-3-2-4-10(16)7-9/h2-8H,1H3,(H,17,20)(H,18,21). The Bertz CT molecular complexity index is 809. The second-order valence-corrected chi connectivity index (χ2v) is 5.00. The maximum atomic E-state index is 12.1. The number of ether oxygens (including phenoxy) is 1. The van der Waals surface area contributed by atoms with Gasteiger partial charge in [0, 0.05) is 22.7 Å². The molecule has 0 aliphatic rings. The van der Waals surface area contributed by atoms with Gasteiger partial charge in [-0.15, -0.1) is 0 Å². The molecular weight excluding hydrogens is 338 g/mol. The summed E-state index contributed by atoms with van der Waals surface area (Å²) in [5, 5.41) is 11.2. The van der Waals surface area contributed by atoms with Gasteiger partial charge in [0.2, 0.25) is 0 Å². The number of nitrogens with one attached hydrogen (secondary N) is 2. The summed E-state index contributed by atoms with van der Waals surface area (Å²) in [5.41, 5.74) is 4.26. The van der Waals surface area contributed by atoms with Gasteiger partial charge in [0.15, 0.2) is 0 Å². The van der Waals surface area contributed by atoms with Gasteiger partial charge >= 0.3 is 0 Å². The molecule has 0 atom stereocenters. The van der Waals surface area contributed by atoms with Crippen LogP contribution in [0, 0.1) is 10.1 Å². The first-order valence-electron chi connectivity index (χ1n) is 6.61. The second kappa shape index (κ2) is 7.42. The third-order valence-electron chi connectivity index (χ3n) is 3.01. The fraction of sp³-hybridized carbons (Fsp3) is 0.0667. The molecule has 0 aliphatic carbocycles. The van der Waals surface area contributed by atoms with E-state index in [1.54, 1.807) is 12.1 Å². The van der Waals surface area contributed by atoms with Crippen LogP contribution in [0.3, 0.4) is 0 Å². The molecule has 0 saturated carbocycles. The first kappa shape index (κ1) is 17.2. The van der Waals surface area contributed by atoms with Gasteiger partial charge in [-0.05, 0) is 24.3 Å². The summed E-state index contributed by atoms with van der Waals surface area (Å²) in [5.74, 6) is -1.21. The van der Waals surface area contributed by atoms with Crippen LogP contribution in [0.4, 0.5) is 5.69 Å². The molecule has 0 bridgehead atoms. The van der Waals surface area contributed by atoms with Crippen molar-refractivity contribution in [2.24, 2.45) is 0 Å². The maximum absolute atomic E-state index is 12.1. The lowest BCUT2D eigenvalue weighted by Crippen LogP contribution is -2.41. The molecule has 2 rings (SSSR count). The molecule has 0 aromatic heterocycles. The molecule has 2 N–H and O–H groups in total. The van der Waals surface area contributed by atoms with Gasteiger partial charge in [0.05, 0.1) is 17.6 Å². The first-order chi connectivity index (χ1) is 11.4. The number of hydrogen-bond donors (Lipinski definition) is 2. The number of nitro groups is 1. The fourth-order valence-corrected chi connectivity index (χ4v) is 2.06. The number of hydrazine groups is 1. The number of halogens is 1. The van der Waals surface area contributed by atoms with Crippen molar-refractivity contribution < 1.29 is 19.2 Å². The van der Waals surface area contributed by atoms with Crippen LogP contribution in [-0.4, -0.2) is 23.8 Å². The molecule has 24 heavy (non-hydrogen) atoms. The van der Waals surface area contributed by atoms with Gasteiger partial charge in [-0.25, -0.2) is 0 Å². The Balaban J connectivity index is 2.13. The van der Waals surface area contributed by atoms with Gasteiger partial charge in [0.1, 0.15) is 5.75 Å². The van der Waals surface area contributed by atoms with E-state index < -0.39 is 16.7 Å². The number of hydrogen-bond acceptors (Lipinski definition) is 5. The molecule has 2 aromatic carbocycles. The molecule has 0 radical (unpaired) electrons. The zero-order valence-electron chi connectivity index (χ0n) is 12.4. The lowest BCUT2D eigenvalue weighted by Gasteiger charge is -2.10. The topological polar surface area (TPSA) is 111 Å². The Hall–Kier alpha value is -3.13. The van der Waals surface area contributed by atoms with Crippen molar-refractivity contribution in [2.45, 2.75) is 0 Å². The van der Waals surface area contributed by atoms with Crippen LogP contribution in [0.1, 0.15) is 20.7 Å². The minimum Gasteiger partial charge on any atom is -0.496 e. The van der Waals surface area contributed by atoms with Crippen molar-refractivity contribution in [2.75, 3.05) is 7.11 Å². The summed E-state index contributed by atoms with van der Waals surface area (Å²) in [4.78, 5) is 34.3. The number of amides is 2. The van der Waals surface area contributed by atoms with Crippen LogP contribution >= 0.6 is 11.6 Å². The molecule has 0 heterocycles. The summed E-state index contributed by atoms with van der Waals surface area (Å²) in [6.07, 6.45) is 0. The number of carbonyl (C=O) groups is 2. The number of carbonyl (C=O) groups excluding carboxylic acids is 2. The van der Waals surface area contributed by atoms with Crippen LogP contribution in [0.5, 0.6) is 5.75 Å². The number of nitrogens with zero attached hydrogens (tertiary/aromatic N) is 1. The largest absolute Gasteiger partial charge is 0.496 e. The molecule has 8 nitrogen and oxygen atoms in total. The zero-order valence-corrected chi connectivity index (χ0v) is 13.2. The van der Waals surface area contributed by atoms with E-state index in [-0.39, 0.29) is 22.6 Å². The highest BCUT2D eigenvalue weighted by atomic mass is 35.5. The predicted octanol–water partition coefficient (Wildman–Crippen LogP) is 2.33. The lowest BCUT2D eigenvalue weighted by atomic mass is 10.1. The normalized spacial score (nSPS) is 9.92. The first-order valence-corrected chi connectivity index (χ1v) is 6.99. The average molecular weight is 350 g/mol. The van der Waals surface area contributed by atoms with Crippen molar-refractivity contribution in [3.8, 4) is 5.75 Å². The Kier molecular flexibility index (Phi) is 5.33. The SMILES string of the molecule is COc1ccc([N+](=O)[O-])cc1C(=O)NNC(=O)c1cccc(Cl)c1. The van der Waals surface area contributed by atoms with E-state index in [2.05, 4.69) is 10.9 Å². The van der Waals surface area contributed by atoms with E-state index in [1.807, 2.05) is 0 Å². The number of benzene rings is 2. The molecule has 2 aromatic rings. The van der Waals surface area contributed by atoms with Gasteiger partial charge in [-0.2, -0.15) is 0 Å². The second-order valence-electron chi connectivity index (χ2n) is 4.56. The van der Waals surface area contributed by atoms with Gasteiger partial charge < -0.3 is 4.74 Å². The summed E-state index contributed by atoms with van der Waals surface area (Å²) in [6.45, 7) is 0. The Morgan fingerprint density at radius 3 is 2.46 bits per heavy atom. The van der Waals surface area contributed by atoms with E-state index in [0.29, 0.717) is 5.02 Å². The molecule has 0 fully saturated rings. The highest BCUT2D eigenvalue weighted by molar-refractivity contribution is 6.30. The van der Waals surface area contributed by atoms with Gasteiger partial charge in [-0.3, -0.25) is 30.6 Å². The van der Waals surface area contributed by atoms with Crippen molar-refractivity contribution in [1.82, 2.24) is 10.9 Å². The molecule has 0 saturated heterocycles. The van der Waals surface area contributed by atoms with Crippen LogP contribution in [0.25, 0.3) is 0 Å². The predicted molar refractivity (Wildman–Crippen MR) is 86.0 cm³/mol. The minimum atomic E-state index is -0.758. The summed E-state index contributed by atoms with van der Waals surface area (Å²) in [6, 6.07) is 9.69. The molecule has 124 valence electrons. The van der Waals surface area contributed by atoms with E-state index in [9.17, 15) is 19.7 Å². The van der Waals surface area contributed by atoms with Crippen molar-refractivity contribution in [1.29, 1.82) is 0 Å². The van der Waals surface area contributed by atoms with E-state index >= 15 is 0 Å². The molecule has 0 unspecified atom stereocenters. The number of nitro benzene ring substituents is 1. The highest BCUT2D eigenvalue weighted by Crippen LogP contribution is 2.23. The molecule has 2 amide bonds. The van der Waals surface area contributed by atoms with E-state index in [4.69, 9.17) is 16.3 Å². The fourth-order valence-electron chi connectivity index (χ4n) is 1.87. The van der Waals surface area contributed by atoms with Crippen LogP contribution < -0.4 is 15.6 Å². The van der Waals surface area contributed by atoms with E-state index in [0.717, 1.165) is 6.07 Å². The average Bonchev–Trinajstić information content (AvgIpc) is 2.58. The number of methoxy groups -OCH3 is 1. The highest BCUT2D eigenvalue weighted by Gasteiger charge is 2.18. The molecule has 0 spiro atoms. The van der Waals surface area contributed by atoms with Crippen LogP contribution in [0.15, 0.2) is 42.5 Å².